The van der Waals surface area contributed by atoms with E-state index >= 15 is 0 Å². The van der Waals surface area contributed by atoms with Crippen LogP contribution in [0, 0.1) is 0 Å². The smallest absolute Gasteiger partial charge is 0.230 e. The molecule has 1 amide bonds. The van der Waals surface area contributed by atoms with Crippen LogP contribution in [0.4, 0.5) is 0 Å². The Morgan fingerprint density at radius 2 is 1.86 bits per heavy atom. The number of rotatable bonds is 7. The molecule has 1 aromatic carbocycles. The third-order valence-corrected chi connectivity index (χ3v) is 4.75. The van der Waals surface area contributed by atoms with Crippen molar-refractivity contribution in [1.82, 2.24) is 25.1 Å². The Hall–Kier alpha value is -2.87. The summed E-state index contributed by atoms with van der Waals surface area (Å²) in [7, 11) is 0. The summed E-state index contributed by atoms with van der Waals surface area (Å²) in [6, 6.07) is 11.5. The van der Waals surface area contributed by atoms with Crippen molar-refractivity contribution in [3.05, 3.63) is 48.8 Å². The highest BCUT2D eigenvalue weighted by Gasteiger charge is 2.21. The summed E-state index contributed by atoms with van der Waals surface area (Å²) in [5.41, 5.74) is 1.42. The van der Waals surface area contributed by atoms with Crippen LogP contribution < -0.4 is 10.1 Å². The van der Waals surface area contributed by atoms with E-state index in [1.165, 1.54) is 11.8 Å². The Morgan fingerprint density at radius 3 is 2.55 bits per heavy atom. The van der Waals surface area contributed by atoms with Crippen LogP contribution in [0.3, 0.4) is 0 Å². The molecule has 0 unspecified atom stereocenters. The van der Waals surface area contributed by atoms with E-state index in [0.717, 1.165) is 17.0 Å². The fourth-order valence-corrected chi connectivity index (χ4v) is 3.52. The molecule has 2 heterocycles. The summed E-state index contributed by atoms with van der Waals surface area (Å²) >= 11 is 1.34. The molecule has 0 bridgehead atoms. The molecule has 3 rings (SSSR count). The third kappa shape index (κ3) is 5.35. The number of ether oxygens (including phenoxy) is 1. The number of thioether (sulfide) groups is 1. The van der Waals surface area contributed by atoms with Crippen LogP contribution in [0.1, 0.15) is 27.7 Å². The number of nitrogens with zero attached hydrogens (tertiary/aromatic N) is 4. The van der Waals surface area contributed by atoms with Crippen molar-refractivity contribution in [3.8, 4) is 22.8 Å². The Morgan fingerprint density at radius 1 is 1.14 bits per heavy atom. The SMILES string of the molecule is CCOc1ccccc1-n1c(SCC(=O)NC(C)(C)C)nnc1-c1ccncc1. The van der Waals surface area contributed by atoms with Gasteiger partial charge in [0.2, 0.25) is 5.91 Å². The molecule has 1 N–H and O–H groups in total. The molecule has 0 aliphatic carbocycles. The van der Waals surface area contributed by atoms with E-state index in [1.807, 2.05) is 68.7 Å². The summed E-state index contributed by atoms with van der Waals surface area (Å²) < 4.78 is 7.75. The Kier molecular flexibility index (Phi) is 6.53. The van der Waals surface area contributed by atoms with Crippen molar-refractivity contribution in [2.45, 2.75) is 38.4 Å². The average Bonchev–Trinajstić information content (AvgIpc) is 3.10. The second kappa shape index (κ2) is 9.09. The first-order chi connectivity index (χ1) is 13.9. The topological polar surface area (TPSA) is 81.9 Å². The second-order valence-electron chi connectivity index (χ2n) is 7.37. The highest BCUT2D eigenvalue weighted by Crippen LogP contribution is 2.32. The van der Waals surface area contributed by atoms with Crippen molar-refractivity contribution in [3.63, 3.8) is 0 Å². The molecule has 0 radical (unpaired) electrons. The highest BCUT2D eigenvalue weighted by atomic mass is 32.2. The molecule has 0 saturated carbocycles. The predicted molar refractivity (Wildman–Crippen MR) is 114 cm³/mol. The summed E-state index contributed by atoms with van der Waals surface area (Å²) in [6.45, 7) is 8.35. The maximum Gasteiger partial charge on any atom is 0.230 e. The summed E-state index contributed by atoms with van der Waals surface area (Å²) in [5.74, 6) is 1.58. The van der Waals surface area contributed by atoms with Crippen LogP contribution in [0.15, 0.2) is 53.9 Å². The van der Waals surface area contributed by atoms with Gasteiger partial charge in [-0.15, -0.1) is 10.2 Å². The van der Waals surface area contributed by atoms with E-state index in [9.17, 15) is 4.79 Å². The van der Waals surface area contributed by atoms with Gasteiger partial charge in [0.05, 0.1) is 18.0 Å². The quantitative estimate of drug-likeness (QED) is 0.597. The third-order valence-electron chi connectivity index (χ3n) is 3.82. The molecule has 29 heavy (non-hydrogen) atoms. The van der Waals surface area contributed by atoms with Gasteiger partial charge >= 0.3 is 0 Å². The zero-order valence-corrected chi connectivity index (χ0v) is 17.9. The van der Waals surface area contributed by atoms with Crippen LogP contribution in [0.2, 0.25) is 0 Å². The number of carbonyl (C=O) groups excluding carboxylic acids is 1. The molecular weight excluding hydrogens is 386 g/mol. The average molecular weight is 412 g/mol. The Labute approximate surface area is 174 Å². The molecule has 0 atom stereocenters. The zero-order chi connectivity index (χ0) is 20.9. The summed E-state index contributed by atoms with van der Waals surface area (Å²) in [5, 5.41) is 12.3. The van der Waals surface area contributed by atoms with Crippen molar-refractivity contribution < 1.29 is 9.53 Å². The zero-order valence-electron chi connectivity index (χ0n) is 17.0. The normalized spacial score (nSPS) is 11.3. The molecule has 0 spiro atoms. The predicted octanol–water partition coefficient (Wildman–Crippen LogP) is 3.73. The van der Waals surface area contributed by atoms with Crippen LogP contribution in [0.5, 0.6) is 5.75 Å². The van der Waals surface area contributed by atoms with Gasteiger partial charge in [0.15, 0.2) is 11.0 Å². The minimum absolute atomic E-state index is 0.0550. The van der Waals surface area contributed by atoms with Gasteiger partial charge in [-0.3, -0.25) is 14.3 Å². The van der Waals surface area contributed by atoms with Crippen LogP contribution in [0.25, 0.3) is 17.1 Å². The first-order valence-corrected chi connectivity index (χ1v) is 10.4. The highest BCUT2D eigenvalue weighted by molar-refractivity contribution is 7.99. The lowest BCUT2D eigenvalue weighted by Crippen LogP contribution is -2.41. The van der Waals surface area contributed by atoms with Gasteiger partial charge in [0.1, 0.15) is 5.75 Å². The Bertz CT molecular complexity index is 967. The number of carbonyl (C=O) groups is 1. The number of nitrogens with one attached hydrogen (secondary N) is 1. The Balaban J connectivity index is 2.00. The van der Waals surface area contributed by atoms with Crippen molar-refractivity contribution in [1.29, 1.82) is 0 Å². The lowest BCUT2D eigenvalue weighted by molar-refractivity contribution is -0.119. The van der Waals surface area contributed by atoms with Gasteiger partial charge in [0.25, 0.3) is 0 Å². The molecule has 3 aromatic rings. The number of aromatic nitrogens is 4. The molecule has 7 nitrogen and oxygen atoms in total. The summed E-state index contributed by atoms with van der Waals surface area (Å²) in [4.78, 5) is 16.4. The minimum Gasteiger partial charge on any atom is -0.492 e. The molecule has 8 heteroatoms. The molecule has 152 valence electrons. The van der Waals surface area contributed by atoms with Gasteiger partial charge in [0, 0.05) is 23.5 Å². The van der Waals surface area contributed by atoms with Gasteiger partial charge in [-0.25, -0.2) is 0 Å². The van der Waals surface area contributed by atoms with Gasteiger partial charge in [-0.2, -0.15) is 0 Å². The van der Waals surface area contributed by atoms with E-state index in [-0.39, 0.29) is 17.2 Å². The van der Waals surface area contributed by atoms with Crippen LogP contribution in [-0.2, 0) is 4.79 Å². The maximum atomic E-state index is 12.3. The lowest BCUT2D eigenvalue weighted by atomic mass is 10.1. The number of para-hydroxylation sites is 2. The fourth-order valence-electron chi connectivity index (χ4n) is 2.77. The van der Waals surface area contributed by atoms with Crippen molar-refractivity contribution in [2.75, 3.05) is 12.4 Å². The van der Waals surface area contributed by atoms with E-state index in [1.54, 1.807) is 12.4 Å². The van der Waals surface area contributed by atoms with Gasteiger partial charge in [-0.1, -0.05) is 23.9 Å². The fraction of sp³-hybridized carbons (Fsp3) is 0.333. The largest absolute Gasteiger partial charge is 0.492 e. The molecule has 0 fully saturated rings. The van der Waals surface area contributed by atoms with Gasteiger partial charge < -0.3 is 10.1 Å². The second-order valence-corrected chi connectivity index (χ2v) is 8.31. The van der Waals surface area contributed by atoms with E-state index in [0.29, 0.717) is 17.6 Å². The first-order valence-electron chi connectivity index (χ1n) is 9.41. The monoisotopic (exact) mass is 411 g/mol. The van der Waals surface area contributed by atoms with E-state index in [2.05, 4.69) is 20.5 Å². The number of amides is 1. The molecule has 0 saturated heterocycles. The standard InChI is InChI=1S/C21H25N5O2S/c1-5-28-17-9-7-6-8-16(17)26-19(15-10-12-22-13-11-15)24-25-20(26)29-14-18(27)23-21(2,3)4/h6-13H,5,14H2,1-4H3,(H,23,27). The molecular formula is C21H25N5O2S. The first kappa shape index (κ1) is 20.9. The molecule has 0 aliphatic heterocycles. The number of benzene rings is 1. The van der Waals surface area contributed by atoms with Gasteiger partial charge in [-0.05, 0) is 52.0 Å². The van der Waals surface area contributed by atoms with Crippen LogP contribution in [-0.4, -0.2) is 43.6 Å². The van der Waals surface area contributed by atoms with E-state index < -0.39 is 0 Å². The summed E-state index contributed by atoms with van der Waals surface area (Å²) in [6.07, 6.45) is 3.43. The van der Waals surface area contributed by atoms with E-state index in [4.69, 9.17) is 4.74 Å². The number of pyridine rings is 1. The van der Waals surface area contributed by atoms with Crippen LogP contribution >= 0.6 is 11.8 Å². The molecule has 2 aromatic heterocycles. The maximum absolute atomic E-state index is 12.3. The number of hydrogen-bond donors (Lipinski definition) is 1. The lowest BCUT2D eigenvalue weighted by Gasteiger charge is -2.20. The minimum atomic E-state index is -0.283. The van der Waals surface area contributed by atoms with Crippen molar-refractivity contribution >= 4 is 17.7 Å². The number of hydrogen-bond acceptors (Lipinski definition) is 6. The molecule has 0 aliphatic rings. The van der Waals surface area contributed by atoms with Crippen molar-refractivity contribution in [2.24, 2.45) is 0 Å².